The number of ketones is 1. The first-order valence-electron chi connectivity index (χ1n) is 6.84. The summed E-state index contributed by atoms with van der Waals surface area (Å²) in [5, 5.41) is 0.822. The molecular weight excluding hydrogens is 281 g/mol. The minimum atomic E-state index is 0.0780. The van der Waals surface area contributed by atoms with Gasteiger partial charge in [-0.25, -0.2) is 0 Å². The molecule has 0 radical (unpaired) electrons. The number of halogens is 2. The van der Waals surface area contributed by atoms with Crippen molar-refractivity contribution in [1.82, 2.24) is 4.90 Å². The van der Waals surface area contributed by atoms with Crippen LogP contribution in [0.1, 0.15) is 43.0 Å². The molecule has 0 aromatic heterocycles. The second-order valence-electron chi connectivity index (χ2n) is 5.04. The van der Waals surface area contributed by atoms with Crippen molar-refractivity contribution in [1.29, 1.82) is 0 Å². The van der Waals surface area contributed by atoms with Crippen molar-refractivity contribution in [2.75, 3.05) is 13.1 Å². The molecule has 1 aromatic rings. The van der Waals surface area contributed by atoms with E-state index in [1.54, 1.807) is 18.2 Å². The molecule has 19 heavy (non-hydrogen) atoms. The Morgan fingerprint density at radius 1 is 1.32 bits per heavy atom. The molecule has 4 heteroatoms. The SMILES string of the molecule is CCCN(CCC(=O)c1cccc(Cl)c1Cl)C1CC1. The van der Waals surface area contributed by atoms with Gasteiger partial charge in [0.05, 0.1) is 10.0 Å². The highest BCUT2D eigenvalue weighted by Gasteiger charge is 2.28. The van der Waals surface area contributed by atoms with Crippen LogP contribution < -0.4 is 0 Å². The molecular formula is C15H19Cl2NO. The molecule has 1 aliphatic carbocycles. The van der Waals surface area contributed by atoms with Gasteiger partial charge in [0.2, 0.25) is 0 Å². The van der Waals surface area contributed by atoms with E-state index in [1.165, 1.54) is 12.8 Å². The van der Waals surface area contributed by atoms with E-state index in [9.17, 15) is 4.79 Å². The molecule has 1 aliphatic rings. The summed E-state index contributed by atoms with van der Waals surface area (Å²) in [6.45, 7) is 4.06. The first-order chi connectivity index (χ1) is 9.13. The van der Waals surface area contributed by atoms with Crippen LogP contribution in [-0.4, -0.2) is 29.8 Å². The summed E-state index contributed by atoms with van der Waals surface area (Å²) in [5.41, 5.74) is 0.543. The minimum absolute atomic E-state index is 0.0780. The molecule has 2 nitrogen and oxygen atoms in total. The normalized spacial score (nSPS) is 14.9. The Morgan fingerprint density at radius 2 is 2.05 bits per heavy atom. The second-order valence-corrected chi connectivity index (χ2v) is 5.83. The fourth-order valence-corrected chi connectivity index (χ4v) is 2.71. The molecule has 1 saturated carbocycles. The molecule has 2 rings (SSSR count). The van der Waals surface area contributed by atoms with Crippen molar-refractivity contribution in [3.63, 3.8) is 0 Å². The molecule has 0 unspecified atom stereocenters. The van der Waals surface area contributed by atoms with Crippen molar-refractivity contribution in [2.24, 2.45) is 0 Å². The van der Waals surface area contributed by atoms with E-state index in [2.05, 4.69) is 11.8 Å². The van der Waals surface area contributed by atoms with Gasteiger partial charge in [-0.15, -0.1) is 0 Å². The third-order valence-corrected chi connectivity index (χ3v) is 4.27. The van der Waals surface area contributed by atoms with Gasteiger partial charge in [0, 0.05) is 24.6 Å². The first kappa shape index (κ1) is 14.8. The van der Waals surface area contributed by atoms with Gasteiger partial charge in [-0.05, 0) is 37.9 Å². The van der Waals surface area contributed by atoms with Crippen LogP contribution in [0.4, 0.5) is 0 Å². The summed E-state index contributed by atoms with van der Waals surface area (Å²) in [6.07, 6.45) is 4.18. The first-order valence-corrected chi connectivity index (χ1v) is 7.60. The molecule has 0 saturated heterocycles. The van der Waals surface area contributed by atoms with Crippen molar-refractivity contribution in [3.05, 3.63) is 33.8 Å². The molecule has 104 valence electrons. The van der Waals surface area contributed by atoms with E-state index in [1.807, 2.05) is 0 Å². The number of hydrogen-bond donors (Lipinski definition) is 0. The zero-order valence-electron chi connectivity index (χ0n) is 11.2. The van der Waals surface area contributed by atoms with Crippen molar-refractivity contribution >= 4 is 29.0 Å². The lowest BCUT2D eigenvalue weighted by Crippen LogP contribution is -2.29. The van der Waals surface area contributed by atoms with Crippen LogP contribution in [0.15, 0.2) is 18.2 Å². The minimum Gasteiger partial charge on any atom is -0.300 e. The zero-order chi connectivity index (χ0) is 13.8. The predicted molar refractivity (Wildman–Crippen MR) is 80.3 cm³/mol. The summed E-state index contributed by atoms with van der Waals surface area (Å²) in [4.78, 5) is 14.6. The average molecular weight is 300 g/mol. The maximum absolute atomic E-state index is 12.2. The fourth-order valence-electron chi connectivity index (χ4n) is 2.30. The Balaban J connectivity index is 1.94. The lowest BCUT2D eigenvalue weighted by atomic mass is 10.1. The van der Waals surface area contributed by atoms with Crippen LogP contribution in [-0.2, 0) is 0 Å². The predicted octanol–water partition coefficient (Wildman–Crippen LogP) is 4.44. The van der Waals surface area contributed by atoms with Crippen molar-refractivity contribution in [3.8, 4) is 0 Å². The lowest BCUT2D eigenvalue weighted by Gasteiger charge is -2.20. The van der Waals surface area contributed by atoms with Gasteiger partial charge in [0.1, 0.15) is 0 Å². The van der Waals surface area contributed by atoms with Crippen molar-refractivity contribution in [2.45, 2.75) is 38.6 Å². The Kier molecular flexibility index (Phi) is 5.26. The van der Waals surface area contributed by atoms with Crippen LogP contribution in [0.2, 0.25) is 10.0 Å². The van der Waals surface area contributed by atoms with Gasteiger partial charge in [-0.1, -0.05) is 36.2 Å². The molecule has 0 aliphatic heterocycles. The van der Waals surface area contributed by atoms with Gasteiger partial charge in [-0.3, -0.25) is 9.69 Å². The monoisotopic (exact) mass is 299 g/mol. The van der Waals surface area contributed by atoms with Gasteiger partial charge in [0.15, 0.2) is 5.78 Å². The van der Waals surface area contributed by atoms with E-state index in [0.29, 0.717) is 28.1 Å². The Labute approximate surface area is 124 Å². The quantitative estimate of drug-likeness (QED) is 0.694. The van der Waals surface area contributed by atoms with Crippen molar-refractivity contribution < 1.29 is 4.79 Å². The zero-order valence-corrected chi connectivity index (χ0v) is 12.7. The van der Waals surface area contributed by atoms with Crippen LogP contribution in [0.5, 0.6) is 0 Å². The van der Waals surface area contributed by atoms with E-state index >= 15 is 0 Å². The smallest absolute Gasteiger partial charge is 0.165 e. The number of benzene rings is 1. The van der Waals surface area contributed by atoms with Gasteiger partial charge < -0.3 is 0 Å². The van der Waals surface area contributed by atoms with E-state index in [-0.39, 0.29) is 5.78 Å². The summed E-state index contributed by atoms with van der Waals surface area (Å²) >= 11 is 12.0. The molecule has 0 amide bonds. The Hall–Kier alpha value is -0.570. The maximum Gasteiger partial charge on any atom is 0.165 e. The number of Topliss-reactive ketones (excluding diaryl/α,β-unsaturated/α-hetero) is 1. The molecule has 0 heterocycles. The molecule has 1 fully saturated rings. The number of carbonyl (C=O) groups excluding carboxylic acids is 1. The van der Waals surface area contributed by atoms with Crippen LogP contribution in [0, 0.1) is 0 Å². The van der Waals surface area contributed by atoms with Gasteiger partial charge >= 0.3 is 0 Å². The van der Waals surface area contributed by atoms with E-state index < -0.39 is 0 Å². The number of hydrogen-bond acceptors (Lipinski definition) is 2. The molecule has 0 atom stereocenters. The van der Waals surface area contributed by atoms with E-state index in [0.717, 1.165) is 19.5 Å². The molecule has 1 aromatic carbocycles. The maximum atomic E-state index is 12.2. The highest BCUT2D eigenvalue weighted by molar-refractivity contribution is 6.43. The van der Waals surface area contributed by atoms with Gasteiger partial charge in [-0.2, -0.15) is 0 Å². The standard InChI is InChI=1S/C15H19Cl2NO/c1-2-9-18(11-6-7-11)10-8-14(19)12-4-3-5-13(16)15(12)17/h3-5,11H,2,6-10H2,1H3. The summed E-state index contributed by atoms with van der Waals surface area (Å²) in [5.74, 6) is 0.0780. The van der Waals surface area contributed by atoms with Crippen LogP contribution in [0.3, 0.4) is 0 Å². The number of nitrogens with zero attached hydrogens (tertiary/aromatic N) is 1. The number of carbonyl (C=O) groups is 1. The van der Waals surface area contributed by atoms with E-state index in [4.69, 9.17) is 23.2 Å². The third kappa shape index (κ3) is 3.95. The van der Waals surface area contributed by atoms with Crippen LogP contribution in [0.25, 0.3) is 0 Å². The second kappa shape index (κ2) is 6.74. The lowest BCUT2D eigenvalue weighted by molar-refractivity contribution is 0.0962. The Morgan fingerprint density at radius 3 is 2.68 bits per heavy atom. The Bertz CT molecular complexity index is 457. The van der Waals surface area contributed by atoms with Gasteiger partial charge in [0.25, 0.3) is 0 Å². The summed E-state index contributed by atoms with van der Waals surface area (Å²) < 4.78 is 0. The molecule has 0 spiro atoms. The highest BCUT2D eigenvalue weighted by atomic mass is 35.5. The molecule has 0 N–H and O–H groups in total. The molecule has 0 bridgehead atoms. The van der Waals surface area contributed by atoms with Crippen LogP contribution >= 0.6 is 23.2 Å². The largest absolute Gasteiger partial charge is 0.300 e. The third-order valence-electron chi connectivity index (χ3n) is 3.45. The summed E-state index contributed by atoms with van der Waals surface area (Å²) in [6, 6.07) is 5.92. The topological polar surface area (TPSA) is 20.3 Å². The highest BCUT2D eigenvalue weighted by Crippen LogP contribution is 2.29. The fraction of sp³-hybridized carbons (Fsp3) is 0.533. The average Bonchev–Trinajstić information content (AvgIpc) is 3.21. The number of rotatable bonds is 7. The summed E-state index contributed by atoms with van der Waals surface area (Å²) in [7, 11) is 0.